The molecule has 1 atom stereocenters. The molecule has 0 saturated carbocycles. The Kier molecular flexibility index (Phi) is 10.6. The SMILES string of the molecule is C#CCSCC(NC(=O)OC(C)(C)C)C(=O)OCCCC[N+](=O)[O-]. The molecule has 0 aliphatic heterocycles. The Bertz CT molecular complexity index is 470. The second-order valence-electron chi connectivity index (χ2n) is 5.85. The van der Waals surface area contributed by atoms with E-state index in [2.05, 4.69) is 11.2 Å². The van der Waals surface area contributed by atoms with Crippen LogP contribution in [-0.4, -0.2) is 53.3 Å². The number of unbranched alkanes of at least 4 members (excludes halogenated alkanes) is 1. The summed E-state index contributed by atoms with van der Waals surface area (Å²) in [6.07, 6.45) is 5.13. The number of amides is 1. The van der Waals surface area contributed by atoms with Crippen molar-refractivity contribution in [2.45, 2.75) is 45.3 Å². The molecule has 0 aliphatic carbocycles. The smallest absolute Gasteiger partial charge is 0.408 e. The Morgan fingerprint density at radius 2 is 2.04 bits per heavy atom. The molecule has 0 aromatic heterocycles. The van der Waals surface area contributed by atoms with Crippen LogP contribution < -0.4 is 5.32 Å². The van der Waals surface area contributed by atoms with Gasteiger partial charge in [-0.3, -0.25) is 10.1 Å². The fourth-order valence-corrected chi connectivity index (χ4v) is 2.16. The Morgan fingerprint density at radius 1 is 1.38 bits per heavy atom. The summed E-state index contributed by atoms with van der Waals surface area (Å²) in [5.41, 5.74) is -0.687. The van der Waals surface area contributed by atoms with Gasteiger partial charge < -0.3 is 14.8 Å². The predicted octanol–water partition coefficient (Wildman–Crippen LogP) is 1.85. The monoisotopic (exact) mass is 360 g/mol. The molecule has 1 unspecified atom stereocenters. The number of hydrogen-bond donors (Lipinski definition) is 1. The highest BCUT2D eigenvalue weighted by molar-refractivity contribution is 7.99. The lowest BCUT2D eigenvalue weighted by atomic mass is 10.2. The van der Waals surface area contributed by atoms with Crippen molar-refractivity contribution in [2.24, 2.45) is 0 Å². The molecule has 0 bridgehead atoms. The van der Waals surface area contributed by atoms with Crippen molar-refractivity contribution in [2.75, 3.05) is 24.7 Å². The molecule has 136 valence electrons. The van der Waals surface area contributed by atoms with Gasteiger partial charge in [0.05, 0.1) is 12.4 Å². The molecule has 0 saturated heterocycles. The van der Waals surface area contributed by atoms with Crippen molar-refractivity contribution in [3.8, 4) is 12.3 Å². The van der Waals surface area contributed by atoms with Gasteiger partial charge in [0.1, 0.15) is 11.6 Å². The van der Waals surface area contributed by atoms with Crippen molar-refractivity contribution in [3.05, 3.63) is 10.1 Å². The van der Waals surface area contributed by atoms with Crippen molar-refractivity contribution in [1.29, 1.82) is 0 Å². The average Bonchev–Trinajstić information content (AvgIpc) is 2.43. The number of alkyl carbamates (subject to hydrolysis) is 1. The van der Waals surface area contributed by atoms with Crippen LogP contribution in [0, 0.1) is 22.5 Å². The minimum Gasteiger partial charge on any atom is -0.464 e. The van der Waals surface area contributed by atoms with Gasteiger partial charge in [-0.1, -0.05) is 5.92 Å². The number of nitro groups is 1. The fraction of sp³-hybridized carbons (Fsp3) is 0.733. The van der Waals surface area contributed by atoms with Gasteiger partial charge >= 0.3 is 12.1 Å². The van der Waals surface area contributed by atoms with Crippen LogP contribution in [0.3, 0.4) is 0 Å². The molecule has 9 heteroatoms. The van der Waals surface area contributed by atoms with Gasteiger partial charge in [-0.05, 0) is 27.2 Å². The van der Waals surface area contributed by atoms with E-state index in [1.807, 2.05) is 0 Å². The van der Waals surface area contributed by atoms with Crippen LogP contribution in [-0.2, 0) is 14.3 Å². The van der Waals surface area contributed by atoms with Gasteiger partial charge in [0.25, 0.3) is 0 Å². The summed E-state index contributed by atoms with van der Waals surface area (Å²) in [7, 11) is 0. The third-order valence-electron chi connectivity index (χ3n) is 2.42. The molecule has 8 nitrogen and oxygen atoms in total. The molecular formula is C15H24N2O6S. The van der Waals surface area contributed by atoms with Crippen LogP contribution in [0.25, 0.3) is 0 Å². The topological polar surface area (TPSA) is 108 Å². The van der Waals surface area contributed by atoms with Gasteiger partial charge in [0, 0.05) is 17.1 Å². The molecule has 24 heavy (non-hydrogen) atoms. The highest BCUT2D eigenvalue weighted by atomic mass is 32.2. The summed E-state index contributed by atoms with van der Waals surface area (Å²) in [4.78, 5) is 33.6. The van der Waals surface area contributed by atoms with Crippen molar-refractivity contribution in [1.82, 2.24) is 5.32 Å². The van der Waals surface area contributed by atoms with Crippen molar-refractivity contribution >= 4 is 23.8 Å². The maximum absolute atomic E-state index is 12.0. The van der Waals surface area contributed by atoms with E-state index in [1.54, 1.807) is 20.8 Å². The standard InChI is InChI=1S/C15H24N2O6S/c1-5-10-24-11-12(16-14(19)23-15(2,3)4)13(18)22-9-7-6-8-17(20)21/h1,12H,6-11H2,2-4H3,(H,16,19). The van der Waals surface area contributed by atoms with Crippen LogP contribution in [0.4, 0.5) is 4.79 Å². The molecule has 0 radical (unpaired) electrons. The first-order valence-electron chi connectivity index (χ1n) is 7.45. The molecule has 0 aromatic rings. The maximum Gasteiger partial charge on any atom is 0.408 e. The molecule has 0 spiro atoms. The molecular weight excluding hydrogens is 336 g/mol. The molecule has 0 aliphatic rings. The van der Waals surface area contributed by atoms with Gasteiger partial charge in [0.2, 0.25) is 6.54 Å². The van der Waals surface area contributed by atoms with Gasteiger partial charge in [0.15, 0.2) is 0 Å². The number of hydrogen-bond acceptors (Lipinski definition) is 7. The van der Waals surface area contributed by atoms with E-state index in [1.165, 1.54) is 11.8 Å². The summed E-state index contributed by atoms with van der Waals surface area (Å²) >= 11 is 1.30. The molecule has 1 amide bonds. The van der Waals surface area contributed by atoms with Gasteiger partial charge in [-0.2, -0.15) is 0 Å². The number of thioether (sulfide) groups is 1. The van der Waals surface area contributed by atoms with E-state index in [9.17, 15) is 19.7 Å². The minimum absolute atomic E-state index is 0.0545. The van der Waals surface area contributed by atoms with E-state index in [-0.39, 0.29) is 18.9 Å². The molecule has 0 aromatic carbocycles. The lowest BCUT2D eigenvalue weighted by molar-refractivity contribution is -0.480. The number of terminal acetylenes is 1. The number of carbonyl (C=O) groups is 2. The van der Waals surface area contributed by atoms with Crippen molar-refractivity contribution in [3.63, 3.8) is 0 Å². The Balaban J connectivity index is 4.41. The highest BCUT2D eigenvalue weighted by Crippen LogP contribution is 2.09. The lowest BCUT2D eigenvalue weighted by Gasteiger charge is -2.22. The van der Waals surface area contributed by atoms with E-state index in [0.29, 0.717) is 18.6 Å². The number of nitrogens with one attached hydrogen (secondary N) is 1. The second kappa shape index (κ2) is 11.6. The van der Waals surface area contributed by atoms with E-state index in [4.69, 9.17) is 15.9 Å². The third-order valence-corrected chi connectivity index (χ3v) is 3.36. The summed E-state index contributed by atoms with van der Waals surface area (Å²) in [6, 6.07) is -0.895. The normalized spacial score (nSPS) is 11.9. The predicted molar refractivity (Wildman–Crippen MR) is 91.4 cm³/mol. The first kappa shape index (κ1) is 22.1. The molecule has 1 N–H and O–H groups in total. The summed E-state index contributed by atoms with van der Waals surface area (Å²) in [6.45, 7) is 5.01. The third kappa shape index (κ3) is 12.6. The van der Waals surface area contributed by atoms with Crippen LogP contribution in [0.2, 0.25) is 0 Å². The van der Waals surface area contributed by atoms with Crippen LogP contribution >= 0.6 is 11.8 Å². The van der Waals surface area contributed by atoms with Gasteiger partial charge in [-0.15, -0.1) is 18.2 Å². The zero-order valence-electron chi connectivity index (χ0n) is 14.2. The lowest BCUT2D eigenvalue weighted by Crippen LogP contribution is -2.45. The molecule has 0 fully saturated rings. The maximum atomic E-state index is 12.0. The summed E-state index contributed by atoms with van der Waals surface area (Å²) < 4.78 is 10.2. The van der Waals surface area contributed by atoms with Crippen LogP contribution in [0.15, 0.2) is 0 Å². The van der Waals surface area contributed by atoms with Gasteiger partial charge in [-0.25, -0.2) is 9.59 Å². The number of esters is 1. The minimum atomic E-state index is -0.895. The largest absolute Gasteiger partial charge is 0.464 e. The zero-order chi connectivity index (χ0) is 18.6. The van der Waals surface area contributed by atoms with Crippen LogP contribution in [0.1, 0.15) is 33.6 Å². The number of nitrogens with zero attached hydrogens (tertiary/aromatic N) is 1. The van der Waals surface area contributed by atoms with Crippen molar-refractivity contribution < 1.29 is 24.0 Å². The number of carbonyl (C=O) groups excluding carboxylic acids is 2. The second-order valence-corrected chi connectivity index (χ2v) is 6.88. The summed E-state index contributed by atoms with van der Waals surface area (Å²) in [5.74, 6) is 2.45. The Labute approximate surface area is 146 Å². The molecule has 0 heterocycles. The number of rotatable bonds is 10. The summed E-state index contributed by atoms with van der Waals surface area (Å²) in [5, 5.41) is 12.7. The zero-order valence-corrected chi connectivity index (χ0v) is 15.0. The number of ether oxygens (including phenoxy) is 2. The van der Waals surface area contributed by atoms with E-state index in [0.717, 1.165) is 0 Å². The quantitative estimate of drug-likeness (QED) is 0.208. The fourth-order valence-electron chi connectivity index (χ4n) is 1.47. The Morgan fingerprint density at radius 3 is 2.58 bits per heavy atom. The Hall–Kier alpha value is -1.95. The van der Waals surface area contributed by atoms with E-state index < -0.39 is 28.6 Å². The highest BCUT2D eigenvalue weighted by Gasteiger charge is 2.25. The first-order chi connectivity index (χ1) is 11.2. The first-order valence-corrected chi connectivity index (χ1v) is 8.60. The molecule has 0 rings (SSSR count). The average molecular weight is 360 g/mol. The van der Waals surface area contributed by atoms with Crippen LogP contribution in [0.5, 0.6) is 0 Å². The van der Waals surface area contributed by atoms with E-state index >= 15 is 0 Å².